The van der Waals surface area contributed by atoms with Gasteiger partial charge in [-0.15, -0.1) is 0 Å². The molecule has 3 aliphatic rings. The standard InChI is InChI=1S/C39H46N8O4/c1-24-21-47(38(49)50)25(2)20-46(24)28-14-17-45(18-15-28)37-42-33-12-9-26(32-22-44(3)36(48)34-30(32)13-16-41-34)19-31(33)35(43-37)39(23-40,51-29-10-11-29)27-7-5-4-6-8-27/h4-9,12-13,16,19,22,24-25,28-29,41H,10-11,14-15,17-18,20-21,23,40H2,1-3H3,(H,49,50)/t24-,25+,39-/m0/s1. The van der Waals surface area contributed by atoms with Gasteiger partial charge in [0, 0.05) is 86.6 Å². The highest BCUT2D eigenvalue weighted by Gasteiger charge is 2.43. The van der Waals surface area contributed by atoms with Gasteiger partial charge in [0.1, 0.15) is 11.1 Å². The second-order valence-electron chi connectivity index (χ2n) is 14.6. The highest BCUT2D eigenvalue weighted by atomic mass is 16.5. The molecule has 5 aromatic rings. The number of carboxylic acid groups (broad SMARTS) is 1. The Labute approximate surface area is 296 Å². The number of nitrogens with zero attached hydrogens (tertiary/aromatic N) is 6. The number of pyridine rings is 1. The van der Waals surface area contributed by atoms with E-state index in [0.29, 0.717) is 24.1 Å². The predicted octanol–water partition coefficient (Wildman–Crippen LogP) is 4.90. The number of piperidine rings is 1. The number of aromatic nitrogens is 4. The number of hydrogen-bond donors (Lipinski definition) is 3. The van der Waals surface area contributed by atoms with Crippen molar-refractivity contribution in [2.75, 3.05) is 37.6 Å². The summed E-state index contributed by atoms with van der Waals surface area (Å²) in [4.78, 5) is 44.7. The Kier molecular flexibility index (Phi) is 8.56. The van der Waals surface area contributed by atoms with E-state index in [1.165, 1.54) is 0 Å². The van der Waals surface area contributed by atoms with Crippen LogP contribution in [0.25, 0.3) is 32.9 Å². The summed E-state index contributed by atoms with van der Waals surface area (Å²) in [6.45, 7) is 7.14. The minimum absolute atomic E-state index is 0.0454. The number of aryl methyl sites for hydroxylation is 1. The van der Waals surface area contributed by atoms with Crippen LogP contribution in [0.3, 0.4) is 0 Å². The molecule has 0 spiro atoms. The average molecular weight is 691 g/mol. The molecule has 0 radical (unpaired) electrons. The lowest BCUT2D eigenvalue weighted by Crippen LogP contribution is -2.61. The molecule has 2 aromatic carbocycles. The largest absolute Gasteiger partial charge is 0.465 e. The van der Waals surface area contributed by atoms with Crippen LogP contribution in [-0.2, 0) is 17.4 Å². The van der Waals surface area contributed by atoms with Gasteiger partial charge in [0.05, 0.1) is 17.3 Å². The summed E-state index contributed by atoms with van der Waals surface area (Å²) in [6, 6.07) is 18.8. The number of benzene rings is 2. The fraction of sp³-hybridized carbons (Fsp3) is 0.436. The second-order valence-corrected chi connectivity index (χ2v) is 14.6. The fourth-order valence-electron chi connectivity index (χ4n) is 8.26. The van der Waals surface area contributed by atoms with Gasteiger partial charge in [-0.3, -0.25) is 9.69 Å². The van der Waals surface area contributed by atoms with Gasteiger partial charge >= 0.3 is 6.09 Å². The Hall–Kier alpha value is -4.78. The molecule has 1 saturated carbocycles. The van der Waals surface area contributed by atoms with Crippen molar-refractivity contribution in [1.29, 1.82) is 0 Å². The first kappa shape index (κ1) is 33.4. The van der Waals surface area contributed by atoms with Gasteiger partial charge in [-0.1, -0.05) is 36.4 Å². The molecule has 0 bridgehead atoms. The zero-order chi connectivity index (χ0) is 35.4. The number of fused-ring (bicyclic) bond motifs is 2. The summed E-state index contributed by atoms with van der Waals surface area (Å²) >= 11 is 0. The van der Waals surface area contributed by atoms with E-state index in [0.717, 1.165) is 84.0 Å². The molecule has 3 atom stereocenters. The van der Waals surface area contributed by atoms with Crippen LogP contribution in [0.1, 0.15) is 50.8 Å². The van der Waals surface area contributed by atoms with Crippen molar-refractivity contribution in [3.05, 3.63) is 88.6 Å². The summed E-state index contributed by atoms with van der Waals surface area (Å²) in [5, 5.41) is 11.4. The first-order valence-electron chi connectivity index (χ1n) is 18.1. The molecule has 1 aliphatic carbocycles. The van der Waals surface area contributed by atoms with E-state index in [-0.39, 0.29) is 30.3 Å². The van der Waals surface area contributed by atoms with E-state index >= 15 is 0 Å². The van der Waals surface area contributed by atoms with Gasteiger partial charge in [-0.05, 0) is 68.9 Å². The topological polar surface area (TPSA) is 146 Å². The minimum Gasteiger partial charge on any atom is -0.465 e. The van der Waals surface area contributed by atoms with Crippen LogP contribution in [-0.4, -0.2) is 97.5 Å². The van der Waals surface area contributed by atoms with Crippen molar-refractivity contribution >= 4 is 33.8 Å². The molecule has 8 rings (SSSR count). The molecule has 5 heterocycles. The van der Waals surface area contributed by atoms with Crippen molar-refractivity contribution in [3.63, 3.8) is 0 Å². The zero-order valence-corrected chi connectivity index (χ0v) is 29.5. The Morgan fingerprint density at radius 3 is 2.47 bits per heavy atom. The quantitative estimate of drug-likeness (QED) is 0.207. The van der Waals surface area contributed by atoms with E-state index in [1.54, 1.807) is 22.7 Å². The number of piperazine rings is 1. The monoisotopic (exact) mass is 690 g/mol. The number of amides is 1. The summed E-state index contributed by atoms with van der Waals surface area (Å²) in [7, 11) is 1.77. The molecule has 12 nitrogen and oxygen atoms in total. The molecule has 2 saturated heterocycles. The Balaban J connectivity index is 1.21. The summed E-state index contributed by atoms with van der Waals surface area (Å²) in [5.41, 5.74) is 10.6. The van der Waals surface area contributed by atoms with E-state index in [9.17, 15) is 14.7 Å². The van der Waals surface area contributed by atoms with Gasteiger partial charge in [0.15, 0.2) is 0 Å². The summed E-state index contributed by atoms with van der Waals surface area (Å²) < 4.78 is 8.58. The summed E-state index contributed by atoms with van der Waals surface area (Å²) in [5.74, 6) is 0.657. The predicted molar refractivity (Wildman–Crippen MR) is 198 cm³/mol. The van der Waals surface area contributed by atoms with Crippen LogP contribution in [0.15, 0.2) is 71.8 Å². The number of nitrogens with one attached hydrogen (secondary N) is 1. The van der Waals surface area contributed by atoms with Crippen molar-refractivity contribution in [1.82, 2.24) is 29.3 Å². The molecule has 3 aromatic heterocycles. The number of rotatable bonds is 8. The number of H-pyrrole nitrogens is 1. The van der Waals surface area contributed by atoms with Crippen LogP contribution in [0, 0.1) is 0 Å². The van der Waals surface area contributed by atoms with Crippen molar-refractivity contribution in [2.24, 2.45) is 12.8 Å². The van der Waals surface area contributed by atoms with Gasteiger partial charge in [0.25, 0.3) is 5.56 Å². The number of anilines is 1. The van der Waals surface area contributed by atoms with Crippen LogP contribution >= 0.6 is 0 Å². The van der Waals surface area contributed by atoms with E-state index in [4.69, 9.17) is 20.4 Å². The first-order chi connectivity index (χ1) is 24.7. The molecule has 12 heteroatoms. The SMILES string of the molecule is C[C@@H]1CN(C2CCN(c3nc([C@@](CN)(OC4CC4)c4ccccc4)c4cc(-c5cn(C)c(=O)c6[nH]ccc56)ccc4n3)CC2)[C@@H](C)CN1C(=O)O. The van der Waals surface area contributed by atoms with Crippen LogP contribution < -0.4 is 16.2 Å². The normalized spacial score (nSPS) is 21.7. The highest BCUT2D eigenvalue weighted by Crippen LogP contribution is 2.43. The molecule has 0 unspecified atom stereocenters. The Morgan fingerprint density at radius 2 is 1.76 bits per heavy atom. The number of ether oxygens (including phenoxy) is 1. The summed E-state index contributed by atoms with van der Waals surface area (Å²) in [6.07, 6.45) is 6.75. The third-order valence-corrected chi connectivity index (χ3v) is 11.2. The molecule has 3 fully saturated rings. The number of aromatic amines is 1. The van der Waals surface area contributed by atoms with Crippen molar-refractivity contribution in [3.8, 4) is 11.1 Å². The third kappa shape index (κ3) is 5.94. The van der Waals surface area contributed by atoms with E-state index in [2.05, 4.69) is 46.0 Å². The maximum atomic E-state index is 12.9. The first-order valence-corrected chi connectivity index (χ1v) is 18.1. The number of hydrogen-bond acceptors (Lipinski definition) is 8. The van der Waals surface area contributed by atoms with E-state index < -0.39 is 11.7 Å². The average Bonchev–Trinajstić information content (AvgIpc) is 3.83. The Morgan fingerprint density at radius 1 is 1.00 bits per heavy atom. The van der Waals surface area contributed by atoms with Crippen molar-refractivity contribution in [2.45, 2.75) is 69.4 Å². The molecular weight excluding hydrogens is 644 g/mol. The van der Waals surface area contributed by atoms with Gasteiger partial charge in [0.2, 0.25) is 5.95 Å². The molecular formula is C39H46N8O4. The maximum Gasteiger partial charge on any atom is 0.407 e. The van der Waals surface area contributed by atoms with Crippen LogP contribution in [0.5, 0.6) is 0 Å². The number of nitrogens with two attached hydrogens (primary N) is 1. The molecule has 4 N–H and O–H groups in total. The van der Waals surface area contributed by atoms with Gasteiger partial charge in [-0.25, -0.2) is 14.8 Å². The minimum atomic E-state index is -1.00. The second kappa shape index (κ2) is 13.1. The lowest BCUT2D eigenvalue weighted by Gasteiger charge is -2.48. The van der Waals surface area contributed by atoms with E-state index in [1.807, 2.05) is 43.5 Å². The molecule has 51 heavy (non-hydrogen) atoms. The third-order valence-electron chi connectivity index (χ3n) is 11.2. The molecule has 1 amide bonds. The number of carbonyl (C=O) groups is 1. The van der Waals surface area contributed by atoms with Crippen LogP contribution in [0.4, 0.5) is 10.7 Å². The van der Waals surface area contributed by atoms with Crippen LogP contribution in [0.2, 0.25) is 0 Å². The Bertz CT molecular complexity index is 2140. The lowest BCUT2D eigenvalue weighted by molar-refractivity contribution is -0.0258. The maximum absolute atomic E-state index is 12.9. The highest BCUT2D eigenvalue weighted by molar-refractivity contribution is 5.97. The zero-order valence-electron chi connectivity index (χ0n) is 29.5. The van der Waals surface area contributed by atoms with Gasteiger partial charge in [-0.2, -0.15) is 0 Å². The lowest BCUT2D eigenvalue weighted by atomic mass is 9.86. The molecule has 266 valence electrons. The molecule has 2 aliphatic heterocycles. The fourth-order valence-corrected chi connectivity index (χ4v) is 8.26. The van der Waals surface area contributed by atoms with Crippen molar-refractivity contribution < 1.29 is 14.6 Å². The smallest absolute Gasteiger partial charge is 0.407 e. The van der Waals surface area contributed by atoms with Gasteiger partial charge < -0.3 is 34.9 Å².